The number of esters is 1. The van der Waals surface area contributed by atoms with Crippen molar-refractivity contribution in [2.75, 3.05) is 25.3 Å². The molecule has 5 nitrogen and oxygen atoms in total. The average Bonchev–Trinajstić information content (AvgIpc) is 3.02. The van der Waals surface area contributed by atoms with Crippen molar-refractivity contribution in [3.8, 4) is 5.75 Å². The number of amides is 1. The molecule has 0 unspecified atom stereocenters. The molecule has 2 aromatic rings. The lowest BCUT2D eigenvalue weighted by Gasteiger charge is -2.07. The minimum Gasteiger partial charge on any atom is -0.482 e. The van der Waals surface area contributed by atoms with E-state index in [1.807, 2.05) is 17.7 Å². The first-order valence-corrected chi connectivity index (χ1v) is 8.47. The molecule has 7 heteroatoms. The number of ether oxygens (including phenoxy) is 2. The summed E-state index contributed by atoms with van der Waals surface area (Å²) in [6.07, 6.45) is 1.94. The molecule has 2 rings (SSSR count). The molecule has 0 aliphatic carbocycles. The Labute approximate surface area is 136 Å². The van der Waals surface area contributed by atoms with E-state index in [-0.39, 0.29) is 12.5 Å². The lowest BCUT2D eigenvalue weighted by Crippen LogP contribution is -2.13. The van der Waals surface area contributed by atoms with Crippen molar-refractivity contribution in [3.63, 3.8) is 0 Å². The number of hydrogen-bond acceptors (Lipinski definition) is 6. The summed E-state index contributed by atoms with van der Waals surface area (Å²) in [6, 6.07) is 8.73. The highest BCUT2D eigenvalue weighted by molar-refractivity contribution is 7.98. The number of nitrogens with one attached hydrogen (secondary N) is 1. The Kier molecular flexibility index (Phi) is 5.85. The lowest BCUT2D eigenvalue weighted by molar-refractivity contribution is -0.142. The summed E-state index contributed by atoms with van der Waals surface area (Å²) in [4.78, 5) is 24.8. The Morgan fingerprint density at radius 3 is 2.59 bits per heavy atom. The van der Waals surface area contributed by atoms with E-state index >= 15 is 0 Å². The quantitative estimate of drug-likeness (QED) is 0.647. The van der Waals surface area contributed by atoms with Gasteiger partial charge in [0, 0.05) is 10.6 Å². The minimum absolute atomic E-state index is 0.137. The molecule has 22 heavy (non-hydrogen) atoms. The third kappa shape index (κ3) is 4.25. The number of carbonyl (C=O) groups is 2. The fraction of sp³-hybridized carbons (Fsp3) is 0.200. The molecule has 1 aromatic heterocycles. The normalized spacial score (nSPS) is 10.1. The van der Waals surface area contributed by atoms with Gasteiger partial charge in [0.2, 0.25) is 0 Å². The number of hydrogen-bond donors (Lipinski definition) is 1. The zero-order chi connectivity index (χ0) is 15.9. The van der Waals surface area contributed by atoms with Crippen LogP contribution in [-0.4, -0.2) is 31.8 Å². The largest absolute Gasteiger partial charge is 0.482 e. The molecule has 0 atom stereocenters. The number of thioether (sulfide) groups is 1. The summed E-state index contributed by atoms with van der Waals surface area (Å²) < 4.78 is 9.73. The van der Waals surface area contributed by atoms with Crippen LogP contribution in [0.4, 0.5) is 5.69 Å². The standard InChI is InChI=1S/C15H15NO4S2/c1-19-13(17)9-20-11-5-3-10(4-6-11)16-15(18)14-12(21-2)7-8-22-14/h3-8H,9H2,1-2H3,(H,16,18). The van der Waals surface area contributed by atoms with Crippen molar-refractivity contribution < 1.29 is 19.1 Å². The van der Waals surface area contributed by atoms with E-state index < -0.39 is 5.97 Å². The second-order valence-corrected chi connectivity index (χ2v) is 5.93. The third-order valence-electron chi connectivity index (χ3n) is 2.75. The Morgan fingerprint density at radius 2 is 1.95 bits per heavy atom. The van der Waals surface area contributed by atoms with E-state index in [1.165, 1.54) is 18.4 Å². The topological polar surface area (TPSA) is 64.6 Å². The van der Waals surface area contributed by atoms with Crippen LogP contribution in [0.15, 0.2) is 40.6 Å². The van der Waals surface area contributed by atoms with Crippen LogP contribution in [0.25, 0.3) is 0 Å². The summed E-state index contributed by atoms with van der Waals surface area (Å²) in [5, 5.41) is 4.73. The summed E-state index contributed by atoms with van der Waals surface area (Å²) in [6.45, 7) is -0.144. The van der Waals surface area contributed by atoms with Crippen molar-refractivity contribution in [1.82, 2.24) is 0 Å². The van der Waals surface area contributed by atoms with E-state index in [2.05, 4.69) is 10.1 Å². The van der Waals surface area contributed by atoms with Crippen LogP contribution >= 0.6 is 23.1 Å². The van der Waals surface area contributed by atoms with Crippen molar-refractivity contribution in [2.24, 2.45) is 0 Å². The molecule has 0 fully saturated rings. The van der Waals surface area contributed by atoms with Crippen LogP contribution in [0, 0.1) is 0 Å². The second kappa shape index (κ2) is 7.86. The SMILES string of the molecule is COC(=O)COc1ccc(NC(=O)c2sccc2SC)cc1. The van der Waals surface area contributed by atoms with Gasteiger partial charge in [0.15, 0.2) is 6.61 Å². The van der Waals surface area contributed by atoms with Gasteiger partial charge in [0.05, 0.1) is 7.11 Å². The lowest BCUT2D eigenvalue weighted by atomic mass is 10.3. The van der Waals surface area contributed by atoms with Gasteiger partial charge in [-0.15, -0.1) is 23.1 Å². The monoisotopic (exact) mass is 337 g/mol. The zero-order valence-electron chi connectivity index (χ0n) is 12.1. The summed E-state index contributed by atoms with van der Waals surface area (Å²) in [5.41, 5.74) is 0.663. The molecule has 116 valence electrons. The van der Waals surface area contributed by atoms with E-state index in [9.17, 15) is 9.59 Å². The van der Waals surface area contributed by atoms with Gasteiger partial charge in [-0.05, 0) is 42.0 Å². The van der Waals surface area contributed by atoms with E-state index in [1.54, 1.807) is 36.0 Å². The first-order valence-electron chi connectivity index (χ1n) is 6.36. The molecular formula is C15H15NO4S2. The Balaban J connectivity index is 1.96. The molecule has 0 spiro atoms. The molecule has 1 heterocycles. The minimum atomic E-state index is -0.445. The van der Waals surface area contributed by atoms with Crippen molar-refractivity contribution >= 4 is 40.7 Å². The smallest absolute Gasteiger partial charge is 0.343 e. The molecule has 0 radical (unpaired) electrons. The van der Waals surface area contributed by atoms with Gasteiger partial charge in [-0.3, -0.25) is 4.79 Å². The molecular weight excluding hydrogens is 322 g/mol. The van der Waals surface area contributed by atoms with E-state index in [4.69, 9.17) is 4.74 Å². The van der Waals surface area contributed by atoms with Crippen molar-refractivity contribution in [2.45, 2.75) is 4.90 Å². The van der Waals surface area contributed by atoms with Crippen molar-refractivity contribution in [1.29, 1.82) is 0 Å². The number of anilines is 1. The predicted molar refractivity (Wildman–Crippen MR) is 88.0 cm³/mol. The highest BCUT2D eigenvalue weighted by Crippen LogP contribution is 2.26. The molecule has 0 aliphatic rings. The molecule has 0 saturated carbocycles. The highest BCUT2D eigenvalue weighted by atomic mass is 32.2. The Hall–Kier alpha value is -1.99. The molecule has 0 bridgehead atoms. The van der Waals surface area contributed by atoms with Gasteiger partial charge in [0.25, 0.3) is 5.91 Å². The van der Waals surface area contributed by atoms with E-state index in [0.29, 0.717) is 16.3 Å². The number of benzene rings is 1. The maximum absolute atomic E-state index is 12.2. The van der Waals surface area contributed by atoms with Crippen molar-refractivity contribution in [3.05, 3.63) is 40.6 Å². The average molecular weight is 337 g/mol. The maximum atomic E-state index is 12.2. The zero-order valence-corrected chi connectivity index (χ0v) is 13.8. The summed E-state index contributed by atoms with van der Waals surface area (Å²) >= 11 is 2.95. The number of carbonyl (C=O) groups excluding carboxylic acids is 2. The molecule has 1 amide bonds. The van der Waals surface area contributed by atoms with Crippen LogP contribution in [0.2, 0.25) is 0 Å². The van der Waals surface area contributed by atoms with E-state index in [0.717, 1.165) is 4.90 Å². The van der Waals surface area contributed by atoms with Crippen LogP contribution in [0.1, 0.15) is 9.67 Å². The fourth-order valence-corrected chi connectivity index (χ4v) is 3.29. The molecule has 0 saturated heterocycles. The Morgan fingerprint density at radius 1 is 1.23 bits per heavy atom. The third-order valence-corrected chi connectivity index (χ3v) is 4.57. The van der Waals surface area contributed by atoms with Gasteiger partial charge in [-0.1, -0.05) is 0 Å². The first-order chi connectivity index (χ1) is 10.6. The number of rotatable bonds is 6. The summed E-state index contributed by atoms with van der Waals surface area (Å²) in [7, 11) is 1.30. The molecule has 1 aromatic carbocycles. The van der Waals surface area contributed by atoms with Gasteiger partial charge in [-0.2, -0.15) is 0 Å². The van der Waals surface area contributed by atoms with Crippen LogP contribution in [-0.2, 0) is 9.53 Å². The van der Waals surface area contributed by atoms with Gasteiger partial charge >= 0.3 is 5.97 Å². The molecule has 1 N–H and O–H groups in total. The van der Waals surface area contributed by atoms with Crippen LogP contribution in [0.5, 0.6) is 5.75 Å². The first kappa shape index (κ1) is 16.4. The highest BCUT2D eigenvalue weighted by Gasteiger charge is 2.12. The Bertz CT molecular complexity index is 652. The maximum Gasteiger partial charge on any atom is 0.343 e. The van der Waals surface area contributed by atoms with Gasteiger partial charge < -0.3 is 14.8 Å². The second-order valence-electron chi connectivity index (χ2n) is 4.16. The predicted octanol–water partition coefficient (Wildman–Crippen LogP) is 3.27. The van der Waals surface area contributed by atoms with Crippen LogP contribution in [0.3, 0.4) is 0 Å². The van der Waals surface area contributed by atoms with Gasteiger partial charge in [0.1, 0.15) is 10.6 Å². The molecule has 0 aliphatic heterocycles. The number of methoxy groups -OCH3 is 1. The fourth-order valence-electron chi connectivity index (χ4n) is 1.65. The number of thiophene rings is 1. The summed E-state index contributed by atoms with van der Waals surface area (Å²) in [5.74, 6) is -0.0495. The van der Waals surface area contributed by atoms with Gasteiger partial charge in [-0.25, -0.2) is 4.79 Å². The van der Waals surface area contributed by atoms with Crippen LogP contribution < -0.4 is 10.1 Å².